The van der Waals surface area contributed by atoms with Crippen LogP contribution in [-0.4, -0.2) is 31.7 Å². The fourth-order valence-corrected chi connectivity index (χ4v) is 5.72. The topological polar surface area (TPSA) is 83.8 Å². The van der Waals surface area contributed by atoms with Crippen LogP contribution in [0.5, 0.6) is 0 Å². The molecule has 0 saturated heterocycles. The number of nitrogens with zero attached hydrogens (tertiary/aromatic N) is 3. The molecule has 7 nitrogen and oxygen atoms in total. The number of benzene rings is 3. The number of amides is 1. The maximum absolute atomic E-state index is 13.5. The first-order valence-corrected chi connectivity index (χ1v) is 13.8. The summed E-state index contributed by atoms with van der Waals surface area (Å²) < 4.78 is 30.2. The number of halogens is 1. The SMILES string of the molecule is Cc1ccc(N(CC(=O)N/N=C\c2cc(C)n(-c3ccc(Cl)cc3)c2C)S(=O)(=O)c2ccccc2)cc1C. The van der Waals surface area contributed by atoms with Gasteiger partial charge in [0.2, 0.25) is 0 Å². The normalized spacial score (nSPS) is 11.6. The van der Waals surface area contributed by atoms with Gasteiger partial charge >= 0.3 is 0 Å². The van der Waals surface area contributed by atoms with Crippen molar-refractivity contribution in [1.29, 1.82) is 0 Å². The number of sulfonamides is 1. The zero-order valence-corrected chi connectivity index (χ0v) is 23.2. The van der Waals surface area contributed by atoms with Gasteiger partial charge in [0.15, 0.2) is 0 Å². The molecule has 0 aliphatic carbocycles. The molecule has 0 unspecified atom stereocenters. The molecule has 1 heterocycles. The first kappa shape index (κ1) is 27.2. The van der Waals surface area contributed by atoms with Crippen LogP contribution < -0.4 is 9.73 Å². The molecule has 0 atom stereocenters. The van der Waals surface area contributed by atoms with Gasteiger partial charge in [0, 0.05) is 27.7 Å². The lowest BCUT2D eigenvalue weighted by molar-refractivity contribution is -0.119. The van der Waals surface area contributed by atoms with E-state index in [0.717, 1.165) is 38.1 Å². The quantitative estimate of drug-likeness (QED) is 0.226. The van der Waals surface area contributed by atoms with Crippen LogP contribution in [-0.2, 0) is 14.8 Å². The molecule has 9 heteroatoms. The summed E-state index contributed by atoms with van der Waals surface area (Å²) in [5.41, 5.74) is 8.54. The van der Waals surface area contributed by atoms with E-state index in [4.69, 9.17) is 11.6 Å². The molecule has 0 bridgehead atoms. The number of hydrogen-bond acceptors (Lipinski definition) is 4. The Morgan fingerprint density at radius 2 is 1.63 bits per heavy atom. The summed E-state index contributed by atoms with van der Waals surface area (Å²) in [6.07, 6.45) is 1.55. The van der Waals surface area contributed by atoms with E-state index in [0.29, 0.717) is 10.7 Å². The molecule has 1 N–H and O–H groups in total. The molecule has 4 aromatic rings. The Hall–Kier alpha value is -3.88. The fourth-order valence-electron chi connectivity index (χ4n) is 4.16. The monoisotopic (exact) mass is 548 g/mol. The molecule has 38 heavy (non-hydrogen) atoms. The lowest BCUT2D eigenvalue weighted by Gasteiger charge is -2.24. The zero-order chi connectivity index (χ0) is 27.4. The summed E-state index contributed by atoms with van der Waals surface area (Å²) in [7, 11) is -3.99. The van der Waals surface area contributed by atoms with Crippen molar-refractivity contribution in [2.75, 3.05) is 10.8 Å². The van der Waals surface area contributed by atoms with Crippen LogP contribution in [0, 0.1) is 27.7 Å². The second-order valence-electron chi connectivity index (χ2n) is 9.02. The number of hydrazone groups is 1. The van der Waals surface area contributed by atoms with E-state index in [1.54, 1.807) is 36.5 Å². The molecule has 0 aliphatic rings. The van der Waals surface area contributed by atoms with Crippen molar-refractivity contribution in [1.82, 2.24) is 9.99 Å². The summed E-state index contributed by atoms with van der Waals surface area (Å²) in [6, 6.07) is 22.8. The highest BCUT2D eigenvalue weighted by atomic mass is 35.5. The molecular formula is C29H29ClN4O3S. The van der Waals surface area contributed by atoms with E-state index < -0.39 is 22.5 Å². The molecule has 3 aromatic carbocycles. The Bertz CT molecular complexity index is 1600. The predicted octanol–water partition coefficient (Wildman–Crippen LogP) is 5.71. The van der Waals surface area contributed by atoms with Gasteiger partial charge in [0.25, 0.3) is 15.9 Å². The van der Waals surface area contributed by atoms with Crippen LogP contribution in [0.4, 0.5) is 5.69 Å². The zero-order valence-electron chi connectivity index (χ0n) is 21.6. The van der Waals surface area contributed by atoms with Crippen molar-refractivity contribution in [3.63, 3.8) is 0 Å². The Morgan fingerprint density at radius 3 is 2.29 bits per heavy atom. The van der Waals surface area contributed by atoms with E-state index >= 15 is 0 Å². The Labute approximate surface area is 228 Å². The Balaban J connectivity index is 1.56. The summed E-state index contributed by atoms with van der Waals surface area (Å²) in [5.74, 6) is -0.564. The Morgan fingerprint density at radius 1 is 0.947 bits per heavy atom. The molecule has 4 rings (SSSR count). The average molecular weight is 549 g/mol. The molecule has 0 spiro atoms. The van der Waals surface area contributed by atoms with Gasteiger partial charge in [-0.1, -0.05) is 35.9 Å². The van der Waals surface area contributed by atoms with E-state index in [1.807, 2.05) is 64.1 Å². The number of carbonyl (C=O) groups excluding carboxylic acids is 1. The van der Waals surface area contributed by atoms with Crippen LogP contribution in [0.1, 0.15) is 28.1 Å². The van der Waals surface area contributed by atoms with Crippen LogP contribution in [0.25, 0.3) is 5.69 Å². The molecule has 1 amide bonds. The van der Waals surface area contributed by atoms with Gasteiger partial charge in [-0.3, -0.25) is 9.10 Å². The highest BCUT2D eigenvalue weighted by molar-refractivity contribution is 7.92. The minimum absolute atomic E-state index is 0.101. The van der Waals surface area contributed by atoms with Crippen LogP contribution in [0.3, 0.4) is 0 Å². The number of rotatable bonds is 8. The fraction of sp³-hybridized carbons (Fsp3) is 0.172. The van der Waals surface area contributed by atoms with E-state index in [1.165, 1.54) is 12.1 Å². The van der Waals surface area contributed by atoms with Gasteiger partial charge in [-0.2, -0.15) is 5.10 Å². The van der Waals surface area contributed by atoms with Gasteiger partial charge in [0.05, 0.1) is 16.8 Å². The van der Waals surface area contributed by atoms with Crippen molar-refractivity contribution in [3.8, 4) is 5.69 Å². The third-order valence-electron chi connectivity index (χ3n) is 6.34. The molecule has 0 fully saturated rings. The van der Waals surface area contributed by atoms with Crippen molar-refractivity contribution in [2.45, 2.75) is 32.6 Å². The second kappa shape index (κ2) is 11.2. The molecule has 196 valence electrons. The number of aromatic nitrogens is 1. The molecule has 0 radical (unpaired) electrons. The minimum atomic E-state index is -3.99. The number of anilines is 1. The summed E-state index contributed by atoms with van der Waals surface area (Å²) in [5, 5.41) is 4.77. The number of hydrogen-bond donors (Lipinski definition) is 1. The number of carbonyl (C=O) groups is 1. The molecule has 0 saturated carbocycles. The third-order valence-corrected chi connectivity index (χ3v) is 8.38. The second-order valence-corrected chi connectivity index (χ2v) is 11.3. The Kier molecular flexibility index (Phi) is 8.04. The van der Waals surface area contributed by atoms with Gasteiger partial charge in [-0.25, -0.2) is 13.8 Å². The summed E-state index contributed by atoms with van der Waals surface area (Å²) in [6.45, 7) is 7.35. The van der Waals surface area contributed by atoms with E-state index in [2.05, 4.69) is 15.1 Å². The highest BCUT2D eigenvalue weighted by Gasteiger charge is 2.27. The standard InChI is InChI=1S/C29H29ClN4O3S/c1-20-10-13-27(16-21(20)2)33(38(36,37)28-8-6-5-7-9-28)19-29(35)32-31-18-24-17-22(3)34(23(24)4)26-14-11-25(30)12-15-26/h5-18H,19H2,1-4H3,(H,32,35)/b31-18-. The third kappa shape index (κ3) is 5.82. The number of nitrogens with one attached hydrogen (secondary N) is 1. The van der Waals surface area contributed by atoms with Crippen molar-refractivity contribution < 1.29 is 13.2 Å². The highest BCUT2D eigenvalue weighted by Crippen LogP contribution is 2.26. The van der Waals surface area contributed by atoms with Crippen LogP contribution in [0.15, 0.2) is 88.9 Å². The smallest absolute Gasteiger partial charge is 0.264 e. The van der Waals surface area contributed by atoms with E-state index in [9.17, 15) is 13.2 Å². The maximum atomic E-state index is 13.5. The van der Waals surface area contributed by atoms with Crippen molar-refractivity contribution in [3.05, 3.63) is 112 Å². The molecule has 1 aromatic heterocycles. The summed E-state index contributed by atoms with van der Waals surface area (Å²) in [4.78, 5) is 13.0. The van der Waals surface area contributed by atoms with Gasteiger partial charge in [-0.05, 0) is 93.4 Å². The van der Waals surface area contributed by atoms with Crippen molar-refractivity contribution >= 4 is 39.4 Å². The lowest BCUT2D eigenvalue weighted by atomic mass is 10.1. The minimum Gasteiger partial charge on any atom is -0.318 e. The largest absolute Gasteiger partial charge is 0.318 e. The predicted molar refractivity (Wildman–Crippen MR) is 153 cm³/mol. The number of aryl methyl sites for hydroxylation is 3. The van der Waals surface area contributed by atoms with Crippen LogP contribution in [0.2, 0.25) is 5.02 Å². The first-order valence-electron chi connectivity index (χ1n) is 12.0. The van der Waals surface area contributed by atoms with Crippen LogP contribution >= 0.6 is 11.6 Å². The summed E-state index contributed by atoms with van der Waals surface area (Å²) >= 11 is 6.02. The van der Waals surface area contributed by atoms with Gasteiger partial charge in [-0.15, -0.1) is 0 Å². The molecular weight excluding hydrogens is 520 g/mol. The van der Waals surface area contributed by atoms with Crippen molar-refractivity contribution in [2.24, 2.45) is 5.10 Å². The first-order chi connectivity index (χ1) is 18.1. The maximum Gasteiger partial charge on any atom is 0.264 e. The van der Waals surface area contributed by atoms with Gasteiger partial charge < -0.3 is 4.57 Å². The van der Waals surface area contributed by atoms with E-state index in [-0.39, 0.29) is 4.90 Å². The lowest BCUT2D eigenvalue weighted by Crippen LogP contribution is -2.39. The average Bonchev–Trinajstić information content (AvgIpc) is 3.18. The molecule has 0 aliphatic heterocycles. The van der Waals surface area contributed by atoms with Gasteiger partial charge in [0.1, 0.15) is 6.54 Å².